The van der Waals surface area contributed by atoms with Crippen molar-refractivity contribution in [3.63, 3.8) is 0 Å². The van der Waals surface area contributed by atoms with E-state index in [1.807, 2.05) is 71.9 Å². The molecule has 16 nitrogen and oxygen atoms in total. The van der Waals surface area contributed by atoms with Gasteiger partial charge in [0.1, 0.15) is 23.7 Å². The quantitative estimate of drug-likeness (QED) is 0.103. The van der Waals surface area contributed by atoms with Gasteiger partial charge in [-0.15, -0.1) is 0 Å². The van der Waals surface area contributed by atoms with Gasteiger partial charge in [0, 0.05) is 49.0 Å². The molecule has 4 amide bonds. The molecule has 3 aromatic heterocycles. The Balaban J connectivity index is 0.868. The number of ether oxygens (including phenoxy) is 3. The predicted octanol–water partition coefficient (Wildman–Crippen LogP) is 7.26. The number of alkyl carbamates (subject to hydrolysis) is 2. The maximum Gasteiger partial charge on any atom is 0.407 e. The number of methoxy groups -OCH3 is 2. The van der Waals surface area contributed by atoms with Crippen molar-refractivity contribution < 1.29 is 33.4 Å². The van der Waals surface area contributed by atoms with Crippen molar-refractivity contribution in [1.82, 2.24) is 45.4 Å². The molecule has 6 heterocycles. The summed E-state index contributed by atoms with van der Waals surface area (Å²) in [4.78, 5) is 77.3. The first kappa shape index (κ1) is 42.2. The Kier molecular flexibility index (Phi) is 12.4. The van der Waals surface area contributed by atoms with Crippen LogP contribution < -0.4 is 10.6 Å². The summed E-state index contributed by atoms with van der Waals surface area (Å²) in [5.74, 6) is 1.03. The smallest absolute Gasteiger partial charge is 0.407 e. The van der Waals surface area contributed by atoms with Gasteiger partial charge in [-0.1, -0.05) is 66.7 Å². The van der Waals surface area contributed by atoms with Crippen LogP contribution in [0.15, 0.2) is 97.5 Å². The van der Waals surface area contributed by atoms with Gasteiger partial charge in [0.05, 0.1) is 55.8 Å². The number of benzene rings is 3. The van der Waals surface area contributed by atoms with E-state index >= 15 is 0 Å². The van der Waals surface area contributed by atoms with Crippen LogP contribution in [0.25, 0.3) is 44.5 Å². The lowest BCUT2D eigenvalue weighted by Gasteiger charge is -2.34. The highest BCUT2D eigenvalue weighted by molar-refractivity contribution is 5.90. The molecular formula is C48H51N9O7. The van der Waals surface area contributed by atoms with E-state index in [2.05, 4.69) is 44.9 Å². The molecule has 0 saturated carbocycles. The molecule has 4 unspecified atom stereocenters. The number of hydrogen-bond donors (Lipinski definition) is 4. The van der Waals surface area contributed by atoms with Crippen molar-refractivity contribution in [1.29, 1.82) is 0 Å². The largest absolute Gasteiger partial charge is 0.453 e. The maximum absolute atomic E-state index is 14.0. The van der Waals surface area contributed by atoms with E-state index in [4.69, 9.17) is 29.2 Å². The van der Waals surface area contributed by atoms with Gasteiger partial charge in [-0.2, -0.15) is 0 Å². The first-order chi connectivity index (χ1) is 31.3. The van der Waals surface area contributed by atoms with E-state index in [1.165, 1.54) is 14.2 Å². The van der Waals surface area contributed by atoms with Crippen LogP contribution in [0.3, 0.4) is 0 Å². The van der Waals surface area contributed by atoms with Gasteiger partial charge in [0.15, 0.2) is 0 Å². The number of imidazole rings is 2. The molecule has 3 aliphatic rings. The molecule has 3 saturated heterocycles. The Hall–Kier alpha value is -7.07. The summed E-state index contributed by atoms with van der Waals surface area (Å²) in [6, 6.07) is 23.5. The molecule has 330 valence electrons. The first-order valence-corrected chi connectivity index (χ1v) is 21.8. The van der Waals surface area contributed by atoms with Crippen molar-refractivity contribution in [2.75, 3.05) is 40.5 Å². The summed E-state index contributed by atoms with van der Waals surface area (Å²) in [5, 5.41) is 7.53. The highest BCUT2D eigenvalue weighted by Gasteiger charge is 2.40. The Morgan fingerprint density at radius 3 is 1.91 bits per heavy atom. The van der Waals surface area contributed by atoms with E-state index < -0.39 is 24.3 Å². The second-order valence-electron chi connectivity index (χ2n) is 16.5. The number of amides is 4. The zero-order valence-electron chi connectivity index (χ0n) is 35.8. The average Bonchev–Trinajstić information content (AvgIpc) is 4.20. The minimum Gasteiger partial charge on any atom is -0.453 e. The third-order valence-electron chi connectivity index (χ3n) is 12.7. The fourth-order valence-electron chi connectivity index (χ4n) is 9.29. The Labute approximate surface area is 370 Å². The van der Waals surface area contributed by atoms with Crippen LogP contribution in [0.5, 0.6) is 0 Å². The molecule has 4 atom stereocenters. The fraction of sp³-hybridized carbons (Fsp3) is 0.354. The van der Waals surface area contributed by atoms with Crippen LogP contribution in [0.4, 0.5) is 9.59 Å². The molecule has 0 radical (unpaired) electrons. The van der Waals surface area contributed by atoms with Gasteiger partial charge >= 0.3 is 12.2 Å². The van der Waals surface area contributed by atoms with Crippen LogP contribution in [-0.2, 0) is 23.8 Å². The normalized spacial score (nSPS) is 18.7. The van der Waals surface area contributed by atoms with Crippen LogP contribution in [0.2, 0.25) is 0 Å². The molecule has 9 rings (SSSR count). The third-order valence-corrected chi connectivity index (χ3v) is 12.7. The lowest BCUT2D eigenvalue weighted by Crippen LogP contribution is -2.53. The Morgan fingerprint density at radius 1 is 0.656 bits per heavy atom. The van der Waals surface area contributed by atoms with Gasteiger partial charge in [-0.25, -0.2) is 19.6 Å². The van der Waals surface area contributed by atoms with E-state index in [0.717, 1.165) is 70.2 Å². The molecule has 3 aromatic carbocycles. The summed E-state index contributed by atoms with van der Waals surface area (Å²) in [5.41, 5.74) is 6.03. The number of likely N-dealkylation sites (tertiary alicyclic amines) is 2. The summed E-state index contributed by atoms with van der Waals surface area (Å²) >= 11 is 0. The van der Waals surface area contributed by atoms with Gasteiger partial charge in [0.25, 0.3) is 5.91 Å². The van der Waals surface area contributed by atoms with Crippen LogP contribution in [0, 0.1) is 5.92 Å². The van der Waals surface area contributed by atoms with Crippen molar-refractivity contribution >= 4 is 34.8 Å². The molecule has 64 heavy (non-hydrogen) atoms. The van der Waals surface area contributed by atoms with Crippen molar-refractivity contribution in [2.45, 2.75) is 62.7 Å². The Morgan fingerprint density at radius 2 is 1.25 bits per heavy atom. The van der Waals surface area contributed by atoms with E-state index in [0.29, 0.717) is 56.4 Å². The number of carbonyl (C=O) groups excluding carboxylic acids is 4. The van der Waals surface area contributed by atoms with Crippen LogP contribution in [0.1, 0.15) is 73.9 Å². The first-order valence-electron chi connectivity index (χ1n) is 21.8. The topological polar surface area (TPSA) is 197 Å². The maximum atomic E-state index is 14.0. The molecule has 3 aliphatic heterocycles. The third kappa shape index (κ3) is 8.78. The standard InChI is InChI=1S/C48H51N9O7/c1-62-47(60)54-41(31-8-4-3-5-9-31)45(58)56-20-6-10-39(56)43-50-27-37(52-43)30-14-12-29(13-15-30)36-25-33-16-17-34(24-35(33)26-49-36)38-28-51-44(53-38)40-11-7-21-57(40)46(59)42(55-48(61)63-2)32-18-22-64-23-19-32/h3-5,8-9,12-17,24-28,32,39-42H,6-7,10-11,18-23H2,1-2H3,(H,50,52)(H,51,53)(H,54,60)(H,55,61). The number of aromatic amines is 2. The SMILES string of the molecule is COC(=O)NC(C(=O)N1CCCC1c1ncc(-c2ccc(-c3cc4ccc(-c5cnc(C6CCCN6C(=O)C(NC(=O)OC)C6CCOCC6)[nH]5)cc4cn3)cc2)[nH]1)c1ccccc1. The molecule has 4 N–H and O–H groups in total. The summed E-state index contributed by atoms with van der Waals surface area (Å²) in [7, 11) is 2.58. The van der Waals surface area contributed by atoms with Gasteiger partial charge < -0.3 is 44.6 Å². The number of fused-ring (bicyclic) bond motifs is 1. The van der Waals surface area contributed by atoms with Crippen LogP contribution in [-0.4, -0.2) is 105 Å². The molecule has 0 spiro atoms. The zero-order chi connectivity index (χ0) is 44.2. The summed E-state index contributed by atoms with van der Waals surface area (Å²) < 4.78 is 15.2. The van der Waals surface area contributed by atoms with Crippen molar-refractivity contribution in [3.8, 4) is 33.8 Å². The highest BCUT2D eigenvalue weighted by atomic mass is 16.5. The second kappa shape index (κ2) is 18.7. The molecule has 6 aromatic rings. The monoisotopic (exact) mass is 865 g/mol. The molecule has 0 aliphatic carbocycles. The minimum absolute atomic E-state index is 0.0364. The summed E-state index contributed by atoms with van der Waals surface area (Å²) in [6.07, 6.45) is 8.71. The van der Waals surface area contributed by atoms with Gasteiger partial charge in [0.2, 0.25) is 5.91 Å². The molecule has 3 fully saturated rings. The number of H-pyrrole nitrogens is 2. The number of nitrogens with zero attached hydrogens (tertiary/aromatic N) is 5. The number of nitrogens with one attached hydrogen (secondary N) is 4. The number of carbonyl (C=O) groups is 4. The number of hydrogen-bond acceptors (Lipinski definition) is 10. The zero-order valence-corrected chi connectivity index (χ0v) is 35.8. The van der Waals surface area contributed by atoms with Crippen molar-refractivity contribution in [2.24, 2.45) is 5.92 Å². The number of rotatable bonds is 11. The van der Waals surface area contributed by atoms with Gasteiger partial charge in [-0.3, -0.25) is 14.6 Å². The molecule has 0 bridgehead atoms. The van der Waals surface area contributed by atoms with Crippen molar-refractivity contribution in [3.05, 3.63) is 115 Å². The highest BCUT2D eigenvalue weighted by Crippen LogP contribution is 2.36. The molecule has 16 heteroatoms. The lowest BCUT2D eigenvalue weighted by molar-refractivity contribution is -0.137. The van der Waals surface area contributed by atoms with E-state index in [9.17, 15) is 19.2 Å². The van der Waals surface area contributed by atoms with E-state index in [1.54, 1.807) is 11.1 Å². The Bertz CT molecular complexity index is 2620. The lowest BCUT2D eigenvalue weighted by atomic mass is 9.90. The number of aromatic nitrogens is 5. The second-order valence-corrected chi connectivity index (χ2v) is 16.5. The average molecular weight is 866 g/mol. The minimum atomic E-state index is -0.888. The fourth-order valence-corrected chi connectivity index (χ4v) is 9.29. The predicted molar refractivity (Wildman–Crippen MR) is 237 cm³/mol. The van der Waals surface area contributed by atoms with Crippen LogP contribution >= 0.6 is 0 Å². The van der Waals surface area contributed by atoms with E-state index in [-0.39, 0.29) is 29.8 Å². The van der Waals surface area contributed by atoms with Gasteiger partial charge in [-0.05, 0) is 73.1 Å². The molecular weight excluding hydrogens is 815 g/mol. The summed E-state index contributed by atoms with van der Waals surface area (Å²) in [6.45, 7) is 2.23. The number of pyridine rings is 1.